The lowest BCUT2D eigenvalue weighted by molar-refractivity contribution is -0.118. The predicted octanol–water partition coefficient (Wildman–Crippen LogP) is 5.45. The molecule has 0 bridgehead atoms. The number of nitrogens with one attached hydrogen (secondary N) is 1. The maximum atomic E-state index is 11.5. The summed E-state index contributed by atoms with van der Waals surface area (Å²) >= 11 is 0. The molecule has 29 heavy (non-hydrogen) atoms. The van der Waals surface area contributed by atoms with Crippen molar-refractivity contribution in [3.05, 3.63) is 78.1 Å². The third kappa shape index (κ3) is 6.86. The topological polar surface area (TPSA) is 67.9 Å². The Labute approximate surface area is 172 Å². The summed E-state index contributed by atoms with van der Waals surface area (Å²) in [5, 5.41) is 0. The standard InChI is InChI=1S/C24H29N3O2/c1-2-21(28)9-5-3-8-12-23(29-22-10-6-4-7-11-22)24-26-18-20(27-24)17-19-13-15-25-16-14-19/h4,6-7,10-11,13-16,18,23H,2-3,5,8-9,12,17H2,1H3,(H,26,27). The van der Waals surface area contributed by atoms with Crippen LogP contribution in [-0.2, 0) is 11.2 Å². The molecule has 2 heterocycles. The molecule has 0 spiro atoms. The summed E-state index contributed by atoms with van der Waals surface area (Å²) in [4.78, 5) is 23.6. The van der Waals surface area contributed by atoms with E-state index in [4.69, 9.17) is 4.74 Å². The Balaban J connectivity index is 1.62. The van der Waals surface area contributed by atoms with Gasteiger partial charge in [0.15, 0.2) is 6.10 Å². The van der Waals surface area contributed by atoms with Crippen molar-refractivity contribution in [2.45, 2.75) is 58.0 Å². The molecule has 1 aromatic carbocycles. The third-order valence-corrected chi connectivity index (χ3v) is 4.93. The van der Waals surface area contributed by atoms with E-state index in [-0.39, 0.29) is 6.10 Å². The summed E-state index contributed by atoms with van der Waals surface area (Å²) in [6, 6.07) is 13.9. The second-order valence-corrected chi connectivity index (χ2v) is 7.24. The normalized spacial score (nSPS) is 11.9. The van der Waals surface area contributed by atoms with E-state index in [1.807, 2.05) is 55.6 Å². The van der Waals surface area contributed by atoms with E-state index < -0.39 is 0 Å². The number of imidazole rings is 1. The van der Waals surface area contributed by atoms with E-state index in [1.54, 1.807) is 12.4 Å². The van der Waals surface area contributed by atoms with Gasteiger partial charge in [-0.2, -0.15) is 0 Å². The zero-order valence-electron chi connectivity index (χ0n) is 17.0. The van der Waals surface area contributed by atoms with Gasteiger partial charge in [-0.15, -0.1) is 0 Å². The first kappa shape index (κ1) is 20.8. The molecule has 0 aliphatic heterocycles. The van der Waals surface area contributed by atoms with Crippen LogP contribution < -0.4 is 4.74 Å². The van der Waals surface area contributed by atoms with Crippen molar-refractivity contribution in [3.8, 4) is 5.75 Å². The first-order valence-electron chi connectivity index (χ1n) is 10.4. The first-order chi connectivity index (χ1) is 14.2. The Morgan fingerprint density at radius 1 is 1.07 bits per heavy atom. The van der Waals surface area contributed by atoms with Crippen molar-refractivity contribution in [1.82, 2.24) is 15.0 Å². The van der Waals surface area contributed by atoms with Gasteiger partial charge in [0, 0.05) is 43.5 Å². The number of hydrogen-bond acceptors (Lipinski definition) is 4. The van der Waals surface area contributed by atoms with Crippen LogP contribution in [0.15, 0.2) is 61.1 Å². The summed E-state index contributed by atoms with van der Waals surface area (Å²) in [5.41, 5.74) is 2.25. The smallest absolute Gasteiger partial charge is 0.156 e. The number of nitrogens with zero attached hydrogens (tertiary/aromatic N) is 2. The number of Topliss-reactive ketones (excluding diaryl/α,β-unsaturated/α-hetero) is 1. The number of ketones is 1. The number of carbonyl (C=O) groups is 1. The minimum absolute atomic E-state index is 0.134. The average Bonchev–Trinajstić information content (AvgIpc) is 3.22. The molecule has 1 unspecified atom stereocenters. The molecule has 1 atom stereocenters. The van der Waals surface area contributed by atoms with E-state index in [9.17, 15) is 4.79 Å². The Morgan fingerprint density at radius 2 is 1.86 bits per heavy atom. The first-order valence-corrected chi connectivity index (χ1v) is 10.4. The monoisotopic (exact) mass is 391 g/mol. The molecule has 0 saturated heterocycles. The lowest BCUT2D eigenvalue weighted by Crippen LogP contribution is -2.10. The number of rotatable bonds is 12. The van der Waals surface area contributed by atoms with Gasteiger partial charge in [-0.1, -0.05) is 31.5 Å². The molecule has 3 rings (SSSR count). The second kappa shape index (κ2) is 11.1. The molecular formula is C24H29N3O2. The molecule has 5 heteroatoms. The highest BCUT2D eigenvalue weighted by Gasteiger charge is 2.17. The van der Waals surface area contributed by atoms with Crippen LogP contribution >= 0.6 is 0 Å². The van der Waals surface area contributed by atoms with Crippen molar-refractivity contribution < 1.29 is 9.53 Å². The molecule has 5 nitrogen and oxygen atoms in total. The van der Waals surface area contributed by atoms with Crippen LogP contribution in [0.4, 0.5) is 0 Å². The molecule has 0 aliphatic carbocycles. The highest BCUT2D eigenvalue weighted by atomic mass is 16.5. The van der Waals surface area contributed by atoms with E-state index >= 15 is 0 Å². The SMILES string of the molecule is CCC(=O)CCCCCC(Oc1ccccc1)c1ncc(Cc2ccncc2)[nH]1. The summed E-state index contributed by atoms with van der Waals surface area (Å²) in [6.45, 7) is 1.92. The maximum Gasteiger partial charge on any atom is 0.156 e. The fraction of sp³-hybridized carbons (Fsp3) is 0.375. The second-order valence-electron chi connectivity index (χ2n) is 7.24. The van der Waals surface area contributed by atoms with Gasteiger partial charge in [-0.05, 0) is 49.1 Å². The summed E-state index contributed by atoms with van der Waals surface area (Å²) in [6.07, 6.45) is 11.3. The molecule has 0 amide bonds. The molecular weight excluding hydrogens is 362 g/mol. The number of carbonyl (C=O) groups excluding carboxylic acids is 1. The van der Waals surface area contributed by atoms with E-state index in [1.165, 1.54) is 5.56 Å². The van der Waals surface area contributed by atoms with Crippen LogP contribution in [0.3, 0.4) is 0 Å². The zero-order valence-corrected chi connectivity index (χ0v) is 17.0. The summed E-state index contributed by atoms with van der Waals surface area (Å²) < 4.78 is 6.24. The molecule has 1 N–H and O–H groups in total. The average molecular weight is 392 g/mol. The van der Waals surface area contributed by atoms with Crippen molar-refractivity contribution in [3.63, 3.8) is 0 Å². The number of ether oxygens (including phenoxy) is 1. The van der Waals surface area contributed by atoms with Crippen molar-refractivity contribution in [2.24, 2.45) is 0 Å². The van der Waals surface area contributed by atoms with Crippen molar-refractivity contribution in [1.29, 1.82) is 0 Å². The van der Waals surface area contributed by atoms with Crippen molar-refractivity contribution >= 4 is 5.78 Å². The fourth-order valence-electron chi connectivity index (χ4n) is 3.27. The molecule has 0 saturated carbocycles. The number of aromatic amines is 1. The third-order valence-electron chi connectivity index (χ3n) is 4.93. The van der Waals surface area contributed by atoms with Gasteiger partial charge < -0.3 is 9.72 Å². The van der Waals surface area contributed by atoms with Gasteiger partial charge in [0.25, 0.3) is 0 Å². The number of aromatic nitrogens is 3. The van der Waals surface area contributed by atoms with Gasteiger partial charge in [0.05, 0.1) is 0 Å². The Bertz CT molecular complexity index is 862. The molecule has 152 valence electrons. The zero-order chi connectivity index (χ0) is 20.3. The number of para-hydroxylation sites is 1. The van der Waals surface area contributed by atoms with Crippen LogP contribution in [-0.4, -0.2) is 20.7 Å². The molecule has 3 aromatic rings. The van der Waals surface area contributed by atoms with Gasteiger partial charge in [0.2, 0.25) is 0 Å². The largest absolute Gasteiger partial charge is 0.483 e. The fourth-order valence-corrected chi connectivity index (χ4v) is 3.27. The summed E-state index contributed by atoms with van der Waals surface area (Å²) in [7, 11) is 0. The Morgan fingerprint density at radius 3 is 2.62 bits per heavy atom. The van der Waals surface area contributed by atoms with Gasteiger partial charge in [-0.3, -0.25) is 9.78 Å². The van der Waals surface area contributed by atoms with Crippen LogP contribution in [0.2, 0.25) is 0 Å². The van der Waals surface area contributed by atoms with Crippen LogP contribution in [0.25, 0.3) is 0 Å². The van der Waals surface area contributed by atoms with Crippen molar-refractivity contribution in [2.75, 3.05) is 0 Å². The van der Waals surface area contributed by atoms with Gasteiger partial charge in [-0.25, -0.2) is 4.98 Å². The summed E-state index contributed by atoms with van der Waals surface area (Å²) in [5.74, 6) is 2.03. The highest BCUT2D eigenvalue weighted by Crippen LogP contribution is 2.25. The highest BCUT2D eigenvalue weighted by molar-refractivity contribution is 5.77. The molecule has 0 radical (unpaired) electrons. The lowest BCUT2D eigenvalue weighted by atomic mass is 10.1. The van der Waals surface area contributed by atoms with Crippen LogP contribution in [0, 0.1) is 0 Å². The number of unbranched alkanes of at least 4 members (excludes halogenated alkanes) is 2. The molecule has 2 aromatic heterocycles. The van der Waals surface area contributed by atoms with Crippen LogP contribution in [0.5, 0.6) is 5.75 Å². The minimum atomic E-state index is -0.134. The number of benzene rings is 1. The number of hydrogen-bond donors (Lipinski definition) is 1. The maximum absolute atomic E-state index is 11.5. The molecule has 0 aliphatic rings. The van der Waals surface area contributed by atoms with Crippen LogP contribution in [0.1, 0.15) is 68.6 Å². The number of H-pyrrole nitrogens is 1. The van der Waals surface area contributed by atoms with E-state index in [0.29, 0.717) is 18.6 Å². The molecule has 0 fully saturated rings. The van der Waals surface area contributed by atoms with E-state index in [2.05, 4.69) is 15.0 Å². The van der Waals surface area contributed by atoms with Gasteiger partial charge in [0.1, 0.15) is 17.4 Å². The lowest BCUT2D eigenvalue weighted by Gasteiger charge is -2.17. The van der Waals surface area contributed by atoms with E-state index in [0.717, 1.165) is 49.4 Å². The number of pyridine rings is 1. The quantitative estimate of drug-likeness (QED) is 0.417. The predicted molar refractivity (Wildman–Crippen MR) is 114 cm³/mol. The Kier molecular flexibility index (Phi) is 7.99. The van der Waals surface area contributed by atoms with Gasteiger partial charge >= 0.3 is 0 Å². The minimum Gasteiger partial charge on any atom is -0.483 e. The Hall–Kier alpha value is -2.95.